The smallest absolute Gasteiger partial charge is 0.300 e. The normalized spacial score (nSPS) is 16.9. The van der Waals surface area contributed by atoms with E-state index in [1.807, 2.05) is 13.8 Å². The van der Waals surface area contributed by atoms with Crippen LogP contribution in [0.3, 0.4) is 0 Å². The zero-order chi connectivity index (χ0) is 16.8. The molecule has 1 aromatic heterocycles. The number of hydrogen-bond acceptors (Lipinski definition) is 5. The molecule has 0 aromatic carbocycles. The van der Waals surface area contributed by atoms with Gasteiger partial charge in [-0.1, -0.05) is 18.3 Å². The van der Waals surface area contributed by atoms with Crippen molar-refractivity contribution in [3.63, 3.8) is 0 Å². The Bertz CT molecular complexity index is 526. The third-order valence-corrected chi connectivity index (χ3v) is 6.37. The SMILES string of the molecule is CC[C@H](C)NP(=O)(N[C@@H](C)CCl)OCc1ccc([N+](=O)[O-])s1. The standard InChI is InChI=1S/C12H21ClN3O4PS/c1-4-9(2)14-21(19,15-10(3)7-13)20-8-11-5-6-12(22-11)16(17)18/h5-6,9-10H,4,7-8H2,1-3H3,(H2,14,15,19)/t9-,10-,21?/m0/s1. The number of nitrogens with one attached hydrogen (secondary N) is 2. The number of hydrogen-bond donors (Lipinski definition) is 2. The van der Waals surface area contributed by atoms with E-state index in [4.69, 9.17) is 16.1 Å². The number of thiophene rings is 1. The highest BCUT2D eigenvalue weighted by molar-refractivity contribution is 7.54. The first-order chi connectivity index (χ1) is 10.3. The van der Waals surface area contributed by atoms with Gasteiger partial charge >= 0.3 is 12.7 Å². The van der Waals surface area contributed by atoms with Gasteiger partial charge in [-0.05, 0) is 26.3 Å². The van der Waals surface area contributed by atoms with Crippen LogP contribution in [0.2, 0.25) is 0 Å². The van der Waals surface area contributed by atoms with E-state index in [2.05, 4.69) is 10.2 Å². The van der Waals surface area contributed by atoms with E-state index in [0.29, 0.717) is 10.8 Å². The molecule has 1 rings (SSSR count). The largest absolute Gasteiger partial charge is 0.341 e. The highest BCUT2D eigenvalue weighted by Crippen LogP contribution is 2.41. The molecular formula is C12H21ClN3O4PS. The molecule has 0 amide bonds. The minimum Gasteiger partial charge on any atom is -0.300 e. The molecule has 0 spiro atoms. The number of halogens is 1. The summed E-state index contributed by atoms with van der Waals surface area (Å²) in [5.41, 5.74) is 0. The monoisotopic (exact) mass is 369 g/mol. The average molecular weight is 370 g/mol. The van der Waals surface area contributed by atoms with Crippen LogP contribution in [-0.4, -0.2) is 22.9 Å². The summed E-state index contributed by atoms with van der Waals surface area (Å²) in [6.07, 6.45) is 0.786. The van der Waals surface area contributed by atoms with Crippen LogP contribution in [0.1, 0.15) is 32.1 Å². The maximum Gasteiger partial charge on any atom is 0.341 e. The molecule has 0 aliphatic carbocycles. The fraction of sp³-hybridized carbons (Fsp3) is 0.667. The van der Waals surface area contributed by atoms with Crippen LogP contribution in [0.15, 0.2) is 12.1 Å². The van der Waals surface area contributed by atoms with E-state index in [1.54, 1.807) is 13.0 Å². The number of nitrogens with zero attached hydrogens (tertiary/aromatic N) is 1. The fourth-order valence-corrected chi connectivity index (χ4v) is 4.50. The Hall–Kier alpha value is -0.500. The Morgan fingerprint density at radius 1 is 1.41 bits per heavy atom. The zero-order valence-electron chi connectivity index (χ0n) is 12.7. The summed E-state index contributed by atoms with van der Waals surface area (Å²) in [5, 5.41) is 16.5. The molecule has 0 radical (unpaired) electrons. The van der Waals surface area contributed by atoms with Crippen molar-refractivity contribution in [1.29, 1.82) is 0 Å². The van der Waals surface area contributed by atoms with E-state index in [9.17, 15) is 14.7 Å². The molecule has 1 heterocycles. The van der Waals surface area contributed by atoms with Crippen molar-refractivity contribution in [1.82, 2.24) is 10.2 Å². The van der Waals surface area contributed by atoms with Crippen LogP contribution in [0, 0.1) is 10.1 Å². The molecule has 0 bridgehead atoms. The Morgan fingerprint density at radius 3 is 2.55 bits per heavy atom. The minimum atomic E-state index is -3.29. The third kappa shape index (κ3) is 6.32. The molecule has 0 aliphatic rings. The topological polar surface area (TPSA) is 93.5 Å². The molecule has 0 saturated carbocycles. The number of alkyl halides is 1. The van der Waals surface area contributed by atoms with Crippen LogP contribution in [0.4, 0.5) is 5.00 Å². The molecule has 0 fully saturated rings. The van der Waals surface area contributed by atoms with Gasteiger partial charge in [0, 0.05) is 28.9 Å². The maximum atomic E-state index is 12.8. The van der Waals surface area contributed by atoms with Gasteiger partial charge in [-0.25, -0.2) is 10.2 Å². The van der Waals surface area contributed by atoms with Crippen molar-refractivity contribution in [3.05, 3.63) is 27.1 Å². The second-order valence-corrected chi connectivity index (χ2v) is 8.28. The Kier molecular flexibility index (Phi) is 7.96. The average Bonchev–Trinajstić information content (AvgIpc) is 2.94. The van der Waals surface area contributed by atoms with Gasteiger partial charge in [0.1, 0.15) is 0 Å². The predicted molar refractivity (Wildman–Crippen MR) is 89.6 cm³/mol. The second kappa shape index (κ2) is 8.96. The lowest BCUT2D eigenvalue weighted by atomic mass is 10.3. The lowest BCUT2D eigenvalue weighted by Gasteiger charge is -2.25. The van der Waals surface area contributed by atoms with E-state index in [1.165, 1.54) is 6.07 Å². The molecule has 2 N–H and O–H groups in total. The molecule has 1 aromatic rings. The summed E-state index contributed by atoms with van der Waals surface area (Å²) in [6.45, 7) is 5.70. The first kappa shape index (κ1) is 19.5. The molecule has 0 aliphatic heterocycles. The van der Waals surface area contributed by atoms with Gasteiger partial charge < -0.3 is 4.52 Å². The summed E-state index contributed by atoms with van der Waals surface area (Å²) < 4.78 is 18.3. The highest BCUT2D eigenvalue weighted by atomic mass is 35.5. The van der Waals surface area contributed by atoms with Crippen LogP contribution >= 0.6 is 30.6 Å². The van der Waals surface area contributed by atoms with Crippen LogP contribution in [0.25, 0.3) is 0 Å². The highest BCUT2D eigenvalue weighted by Gasteiger charge is 2.27. The molecule has 0 saturated heterocycles. The fourth-order valence-electron chi connectivity index (χ4n) is 1.51. The van der Waals surface area contributed by atoms with E-state index >= 15 is 0 Å². The first-order valence-electron chi connectivity index (χ1n) is 6.89. The summed E-state index contributed by atoms with van der Waals surface area (Å²) in [5.74, 6) is 0.292. The van der Waals surface area contributed by atoms with Crippen molar-refractivity contribution in [3.8, 4) is 0 Å². The van der Waals surface area contributed by atoms with Gasteiger partial charge in [-0.2, -0.15) is 0 Å². The van der Waals surface area contributed by atoms with Crippen LogP contribution in [-0.2, 0) is 15.7 Å². The predicted octanol–water partition coefficient (Wildman–Crippen LogP) is 3.89. The summed E-state index contributed by atoms with van der Waals surface area (Å²) in [7, 11) is -3.29. The lowest BCUT2D eigenvalue weighted by Crippen LogP contribution is -2.35. The summed E-state index contributed by atoms with van der Waals surface area (Å²) in [6, 6.07) is 2.81. The second-order valence-electron chi connectivity index (χ2n) is 4.94. The van der Waals surface area contributed by atoms with Crippen molar-refractivity contribution in [2.45, 2.75) is 45.9 Å². The van der Waals surface area contributed by atoms with E-state index in [0.717, 1.165) is 17.8 Å². The minimum absolute atomic E-state index is 0.00136. The van der Waals surface area contributed by atoms with Gasteiger partial charge in [0.2, 0.25) is 0 Å². The van der Waals surface area contributed by atoms with Gasteiger partial charge in [0.05, 0.1) is 11.5 Å². The van der Waals surface area contributed by atoms with Crippen molar-refractivity contribution >= 4 is 35.6 Å². The van der Waals surface area contributed by atoms with Gasteiger partial charge in [-0.15, -0.1) is 11.6 Å². The lowest BCUT2D eigenvalue weighted by molar-refractivity contribution is -0.380. The Labute approximate surface area is 139 Å². The zero-order valence-corrected chi connectivity index (χ0v) is 15.2. The Balaban J connectivity index is 2.74. The molecule has 3 atom stereocenters. The quantitative estimate of drug-likeness (QED) is 0.281. The van der Waals surface area contributed by atoms with E-state index < -0.39 is 12.6 Å². The maximum absolute atomic E-state index is 12.8. The number of nitro groups is 1. The summed E-state index contributed by atoms with van der Waals surface area (Å²) in [4.78, 5) is 10.8. The van der Waals surface area contributed by atoms with Gasteiger partial charge in [0.15, 0.2) is 0 Å². The summed E-state index contributed by atoms with van der Waals surface area (Å²) >= 11 is 6.75. The molecule has 22 heavy (non-hydrogen) atoms. The van der Waals surface area contributed by atoms with Crippen molar-refractivity contribution in [2.24, 2.45) is 0 Å². The molecule has 126 valence electrons. The Morgan fingerprint density at radius 2 is 2.05 bits per heavy atom. The third-order valence-electron chi connectivity index (χ3n) is 2.84. The van der Waals surface area contributed by atoms with Crippen LogP contribution < -0.4 is 10.2 Å². The van der Waals surface area contributed by atoms with Crippen LogP contribution in [0.5, 0.6) is 0 Å². The molecule has 1 unspecified atom stereocenters. The molecule has 7 nitrogen and oxygen atoms in total. The molecular weight excluding hydrogens is 349 g/mol. The van der Waals surface area contributed by atoms with Crippen molar-refractivity contribution in [2.75, 3.05) is 5.88 Å². The molecule has 10 heteroatoms. The van der Waals surface area contributed by atoms with E-state index in [-0.39, 0.29) is 23.7 Å². The number of rotatable bonds is 10. The van der Waals surface area contributed by atoms with Crippen molar-refractivity contribution < 1.29 is 14.0 Å². The van der Waals surface area contributed by atoms with Gasteiger partial charge in [-0.3, -0.25) is 14.7 Å². The first-order valence-corrected chi connectivity index (χ1v) is 9.86. The van der Waals surface area contributed by atoms with Gasteiger partial charge in [0.25, 0.3) is 0 Å².